The van der Waals surface area contributed by atoms with Gasteiger partial charge in [0.15, 0.2) is 5.96 Å². The summed E-state index contributed by atoms with van der Waals surface area (Å²) in [7, 11) is 5.53. The van der Waals surface area contributed by atoms with Gasteiger partial charge in [-0.3, -0.25) is 14.7 Å². The van der Waals surface area contributed by atoms with Crippen LogP contribution in [-0.2, 0) is 4.79 Å². The molecule has 1 amide bonds. The number of hydrogen-bond donors (Lipinski definition) is 2. The molecule has 1 aromatic heterocycles. The molecule has 2 aliphatic heterocycles. The molecule has 0 saturated carbocycles. The number of amides is 1. The number of halogens is 1. The number of nitrogens with one attached hydrogen (secondary N) is 2. The molecule has 0 aliphatic carbocycles. The smallest absolute Gasteiger partial charge is 0.239 e. The molecule has 2 N–H and O–H groups in total. The van der Waals surface area contributed by atoms with Crippen LogP contribution in [0, 0.1) is 0 Å². The molecule has 170 valence electrons. The van der Waals surface area contributed by atoms with Crippen LogP contribution in [-0.4, -0.2) is 87.6 Å². The first-order valence-corrected chi connectivity index (χ1v) is 11.7. The van der Waals surface area contributed by atoms with Crippen LogP contribution >= 0.6 is 35.3 Å². The highest BCUT2D eigenvalue weighted by atomic mass is 127. The summed E-state index contributed by atoms with van der Waals surface area (Å²) in [5.41, 5.74) is 0. The lowest BCUT2D eigenvalue weighted by Gasteiger charge is -2.33. The van der Waals surface area contributed by atoms with Gasteiger partial charge in [-0.15, -0.1) is 35.3 Å². The summed E-state index contributed by atoms with van der Waals surface area (Å²) in [6.45, 7) is 5.03. The molecule has 3 heterocycles. The first kappa shape index (κ1) is 25.2. The van der Waals surface area contributed by atoms with Crippen molar-refractivity contribution in [2.24, 2.45) is 4.99 Å². The number of aliphatic imine (C=N–C) groups is 1. The number of piperidine rings is 1. The predicted molar refractivity (Wildman–Crippen MR) is 137 cm³/mol. The Hall–Kier alpha value is -1.07. The summed E-state index contributed by atoms with van der Waals surface area (Å²) in [4.78, 5) is 23.2. The minimum Gasteiger partial charge on any atom is -0.363 e. The van der Waals surface area contributed by atoms with Crippen LogP contribution in [0.1, 0.15) is 32.1 Å². The molecule has 2 saturated heterocycles. The molecule has 2 fully saturated rings. The number of likely N-dealkylation sites (tertiary alicyclic amines) is 1. The van der Waals surface area contributed by atoms with E-state index < -0.39 is 0 Å². The van der Waals surface area contributed by atoms with Crippen molar-refractivity contribution < 1.29 is 4.79 Å². The van der Waals surface area contributed by atoms with E-state index in [0.717, 1.165) is 70.8 Å². The van der Waals surface area contributed by atoms with Crippen molar-refractivity contribution in [3.05, 3.63) is 17.5 Å². The Labute approximate surface area is 202 Å². The number of rotatable bonds is 7. The Morgan fingerprint density at radius 2 is 2.03 bits per heavy atom. The van der Waals surface area contributed by atoms with E-state index in [4.69, 9.17) is 0 Å². The summed E-state index contributed by atoms with van der Waals surface area (Å²) in [6.07, 6.45) is 5.36. The SMILES string of the molecule is CN=C(NCCCN1CCCC1C(=O)N(C)C)NC1CCN(c2cccs2)CC1.I. The van der Waals surface area contributed by atoms with Gasteiger partial charge < -0.3 is 20.4 Å². The molecule has 0 radical (unpaired) electrons. The van der Waals surface area contributed by atoms with E-state index in [9.17, 15) is 4.79 Å². The third-order valence-corrected chi connectivity index (χ3v) is 6.81. The molecule has 0 aromatic carbocycles. The fraction of sp³-hybridized carbons (Fsp3) is 0.714. The molecule has 9 heteroatoms. The van der Waals surface area contributed by atoms with Gasteiger partial charge in [0.25, 0.3) is 0 Å². The van der Waals surface area contributed by atoms with Gasteiger partial charge >= 0.3 is 0 Å². The van der Waals surface area contributed by atoms with Crippen LogP contribution in [0.15, 0.2) is 22.5 Å². The Bertz CT molecular complexity index is 660. The number of carbonyl (C=O) groups is 1. The number of hydrogen-bond acceptors (Lipinski definition) is 5. The summed E-state index contributed by atoms with van der Waals surface area (Å²) in [5.74, 6) is 1.13. The Morgan fingerprint density at radius 1 is 1.27 bits per heavy atom. The van der Waals surface area contributed by atoms with Gasteiger partial charge in [-0.05, 0) is 56.2 Å². The number of anilines is 1. The van der Waals surface area contributed by atoms with Crippen LogP contribution in [0.2, 0.25) is 0 Å². The van der Waals surface area contributed by atoms with E-state index >= 15 is 0 Å². The zero-order chi connectivity index (χ0) is 20.6. The maximum Gasteiger partial charge on any atom is 0.239 e. The zero-order valence-electron chi connectivity index (χ0n) is 18.5. The number of thiophene rings is 1. The summed E-state index contributed by atoms with van der Waals surface area (Å²) in [5, 5.41) is 10.6. The molecule has 0 bridgehead atoms. The quantitative estimate of drug-likeness (QED) is 0.237. The van der Waals surface area contributed by atoms with Crippen molar-refractivity contribution in [1.29, 1.82) is 0 Å². The lowest BCUT2D eigenvalue weighted by atomic mass is 10.1. The monoisotopic (exact) mass is 548 g/mol. The molecule has 30 heavy (non-hydrogen) atoms. The number of guanidine groups is 1. The Kier molecular flexibility index (Phi) is 10.7. The highest BCUT2D eigenvalue weighted by Crippen LogP contribution is 2.24. The van der Waals surface area contributed by atoms with Crippen molar-refractivity contribution in [2.75, 3.05) is 58.8 Å². The summed E-state index contributed by atoms with van der Waals surface area (Å²) in [6, 6.07) is 4.86. The first-order valence-electron chi connectivity index (χ1n) is 10.8. The molecule has 1 aromatic rings. The van der Waals surface area contributed by atoms with Crippen molar-refractivity contribution >= 4 is 52.2 Å². The van der Waals surface area contributed by atoms with E-state index in [-0.39, 0.29) is 35.9 Å². The second-order valence-corrected chi connectivity index (χ2v) is 9.06. The predicted octanol–water partition coefficient (Wildman–Crippen LogP) is 2.44. The second-order valence-electron chi connectivity index (χ2n) is 8.14. The fourth-order valence-corrected chi connectivity index (χ4v) is 5.03. The van der Waals surface area contributed by atoms with E-state index in [0.29, 0.717) is 6.04 Å². The van der Waals surface area contributed by atoms with Crippen LogP contribution in [0.4, 0.5) is 5.00 Å². The minimum absolute atomic E-state index is 0. The van der Waals surface area contributed by atoms with Gasteiger partial charge in [0, 0.05) is 53.4 Å². The van der Waals surface area contributed by atoms with Crippen molar-refractivity contribution in [3.63, 3.8) is 0 Å². The van der Waals surface area contributed by atoms with Gasteiger partial charge in [-0.2, -0.15) is 0 Å². The standard InChI is InChI=1S/C21H36N6OS.HI/c1-22-21(24-17-9-14-27(15-10-17)19-8-5-16-29-19)23-11-6-13-26-12-4-7-18(26)20(28)25(2)3;/h5,8,16-18H,4,6-7,9-15H2,1-3H3,(H2,22,23,24);1H. The number of nitrogens with zero attached hydrogens (tertiary/aromatic N) is 4. The fourth-order valence-electron chi connectivity index (χ4n) is 4.24. The molecule has 7 nitrogen and oxygen atoms in total. The maximum absolute atomic E-state index is 12.3. The highest BCUT2D eigenvalue weighted by Gasteiger charge is 2.31. The largest absolute Gasteiger partial charge is 0.363 e. The van der Waals surface area contributed by atoms with E-state index in [2.05, 4.69) is 42.9 Å². The van der Waals surface area contributed by atoms with Gasteiger partial charge in [0.05, 0.1) is 11.0 Å². The average Bonchev–Trinajstić information content (AvgIpc) is 3.42. The normalized spacial score (nSPS) is 20.7. The molecule has 2 aliphatic rings. The van der Waals surface area contributed by atoms with Crippen molar-refractivity contribution in [3.8, 4) is 0 Å². The first-order chi connectivity index (χ1) is 14.1. The molecule has 0 spiro atoms. The molecular formula is C21H37IN6OS. The van der Waals surface area contributed by atoms with Crippen molar-refractivity contribution in [1.82, 2.24) is 20.4 Å². The highest BCUT2D eigenvalue weighted by molar-refractivity contribution is 14.0. The number of carbonyl (C=O) groups excluding carboxylic acids is 1. The topological polar surface area (TPSA) is 63.2 Å². The second kappa shape index (κ2) is 12.7. The Balaban J connectivity index is 0.00000320. The molecular weight excluding hydrogens is 511 g/mol. The summed E-state index contributed by atoms with van der Waals surface area (Å²) >= 11 is 1.82. The third-order valence-electron chi connectivity index (χ3n) is 5.88. The van der Waals surface area contributed by atoms with Gasteiger partial charge in [-0.25, -0.2) is 0 Å². The lowest BCUT2D eigenvalue weighted by Crippen LogP contribution is -2.49. The van der Waals surface area contributed by atoms with E-state index in [1.54, 1.807) is 4.90 Å². The van der Waals surface area contributed by atoms with Crippen molar-refractivity contribution in [2.45, 2.75) is 44.2 Å². The minimum atomic E-state index is 0. The molecule has 1 unspecified atom stereocenters. The number of likely N-dealkylation sites (N-methyl/N-ethyl adjacent to an activating group) is 1. The van der Waals surface area contributed by atoms with Crippen LogP contribution < -0.4 is 15.5 Å². The molecule has 3 rings (SSSR count). The maximum atomic E-state index is 12.3. The van der Waals surface area contributed by atoms with Gasteiger partial charge in [-0.1, -0.05) is 0 Å². The zero-order valence-corrected chi connectivity index (χ0v) is 21.6. The molecule has 1 atom stereocenters. The third kappa shape index (κ3) is 6.98. The van der Waals surface area contributed by atoms with E-state index in [1.165, 1.54) is 5.00 Å². The van der Waals surface area contributed by atoms with E-state index in [1.807, 2.05) is 32.5 Å². The van der Waals surface area contributed by atoms with Gasteiger partial charge in [0.2, 0.25) is 5.91 Å². The van der Waals surface area contributed by atoms with Gasteiger partial charge in [0.1, 0.15) is 0 Å². The van der Waals surface area contributed by atoms with Crippen LogP contribution in [0.5, 0.6) is 0 Å². The van der Waals surface area contributed by atoms with Crippen LogP contribution in [0.3, 0.4) is 0 Å². The van der Waals surface area contributed by atoms with Crippen LogP contribution in [0.25, 0.3) is 0 Å². The lowest BCUT2D eigenvalue weighted by molar-refractivity contribution is -0.133. The Morgan fingerprint density at radius 3 is 2.67 bits per heavy atom. The average molecular weight is 549 g/mol. The summed E-state index contributed by atoms with van der Waals surface area (Å²) < 4.78 is 0.